The van der Waals surface area contributed by atoms with Crippen LogP contribution in [-0.4, -0.2) is 21.1 Å². The predicted octanol–water partition coefficient (Wildman–Crippen LogP) is 1.61. The van der Waals surface area contributed by atoms with E-state index in [2.05, 4.69) is 5.32 Å². The summed E-state index contributed by atoms with van der Waals surface area (Å²) in [7, 11) is 5.65. The number of benzene rings is 1. The average Bonchev–Trinajstić information content (AvgIpc) is 2.03. The number of nitrogens with zero attached hydrogens (tertiary/aromatic N) is 1. The molecule has 0 heterocycles. The first-order chi connectivity index (χ1) is 6.13. The van der Waals surface area contributed by atoms with Crippen LogP contribution in [0.5, 0.6) is 0 Å². The molecule has 2 nitrogen and oxygen atoms in total. The minimum atomic E-state index is -0.184. The number of hydrogen-bond acceptors (Lipinski definition) is 2. The van der Waals surface area contributed by atoms with Gasteiger partial charge in [-0.1, -0.05) is 0 Å². The lowest BCUT2D eigenvalue weighted by Crippen LogP contribution is -2.11. The monoisotopic (exact) mass is 182 g/mol. The highest BCUT2D eigenvalue weighted by Crippen LogP contribution is 2.16. The van der Waals surface area contributed by atoms with Crippen LogP contribution in [0.15, 0.2) is 18.2 Å². The van der Waals surface area contributed by atoms with E-state index in [0.717, 1.165) is 11.3 Å². The van der Waals surface area contributed by atoms with Gasteiger partial charge in [0.2, 0.25) is 0 Å². The highest BCUT2D eigenvalue weighted by atomic mass is 19.1. The fraction of sp³-hybridized carbons (Fsp3) is 0.400. The van der Waals surface area contributed by atoms with Crippen molar-refractivity contribution in [3.8, 4) is 0 Å². The molecule has 0 aromatic heterocycles. The van der Waals surface area contributed by atoms with Gasteiger partial charge in [0.25, 0.3) is 0 Å². The minimum Gasteiger partial charge on any atom is -0.378 e. The summed E-state index contributed by atoms with van der Waals surface area (Å²) in [6.07, 6.45) is 0. The SMILES string of the molecule is CNCc1cc(F)cc(N(C)C)c1. The molecule has 1 N–H and O–H groups in total. The predicted molar refractivity (Wildman–Crippen MR) is 53.5 cm³/mol. The lowest BCUT2D eigenvalue weighted by molar-refractivity contribution is 0.623. The molecule has 1 aromatic carbocycles. The van der Waals surface area contributed by atoms with Gasteiger partial charge in [0.1, 0.15) is 5.82 Å². The smallest absolute Gasteiger partial charge is 0.125 e. The van der Waals surface area contributed by atoms with E-state index < -0.39 is 0 Å². The molecule has 0 saturated heterocycles. The first-order valence-electron chi connectivity index (χ1n) is 4.25. The Morgan fingerprint density at radius 3 is 2.54 bits per heavy atom. The van der Waals surface area contributed by atoms with Crippen molar-refractivity contribution in [2.45, 2.75) is 6.54 Å². The Bertz CT molecular complexity index is 284. The molecule has 0 aliphatic rings. The molecule has 0 atom stereocenters. The third-order valence-electron chi connectivity index (χ3n) is 1.84. The van der Waals surface area contributed by atoms with Gasteiger partial charge in [-0.05, 0) is 30.8 Å². The number of halogens is 1. The van der Waals surface area contributed by atoms with Crippen molar-refractivity contribution in [3.05, 3.63) is 29.6 Å². The van der Waals surface area contributed by atoms with Crippen molar-refractivity contribution < 1.29 is 4.39 Å². The number of nitrogens with one attached hydrogen (secondary N) is 1. The summed E-state index contributed by atoms with van der Waals surface area (Å²) in [5, 5.41) is 2.99. The third kappa shape index (κ3) is 2.70. The van der Waals surface area contributed by atoms with Crippen LogP contribution in [0, 0.1) is 5.82 Å². The Kier molecular flexibility index (Phi) is 3.25. The maximum atomic E-state index is 13.1. The van der Waals surface area contributed by atoms with Gasteiger partial charge >= 0.3 is 0 Å². The molecular weight excluding hydrogens is 167 g/mol. The third-order valence-corrected chi connectivity index (χ3v) is 1.84. The zero-order valence-corrected chi connectivity index (χ0v) is 8.26. The Morgan fingerprint density at radius 2 is 2.00 bits per heavy atom. The normalized spacial score (nSPS) is 10.2. The van der Waals surface area contributed by atoms with E-state index in [1.54, 1.807) is 6.07 Å². The van der Waals surface area contributed by atoms with Gasteiger partial charge in [-0.3, -0.25) is 0 Å². The highest BCUT2D eigenvalue weighted by Gasteiger charge is 2.01. The lowest BCUT2D eigenvalue weighted by Gasteiger charge is -2.13. The van der Waals surface area contributed by atoms with Gasteiger partial charge in [-0.15, -0.1) is 0 Å². The fourth-order valence-corrected chi connectivity index (χ4v) is 1.20. The quantitative estimate of drug-likeness (QED) is 0.764. The van der Waals surface area contributed by atoms with Gasteiger partial charge < -0.3 is 10.2 Å². The minimum absolute atomic E-state index is 0.184. The molecule has 0 fully saturated rings. The van der Waals surface area contributed by atoms with Crippen LogP contribution in [0.3, 0.4) is 0 Å². The summed E-state index contributed by atoms with van der Waals surface area (Å²) >= 11 is 0. The van der Waals surface area contributed by atoms with E-state index >= 15 is 0 Å². The van der Waals surface area contributed by atoms with Crippen LogP contribution in [0.25, 0.3) is 0 Å². The van der Waals surface area contributed by atoms with Crippen molar-refractivity contribution in [2.75, 3.05) is 26.0 Å². The van der Waals surface area contributed by atoms with E-state index in [0.29, 0.717) is 6.54 Å². The molecule has 3 heteroatoms. The van der Waals surface area contributed by atoms with Gasteiger partial charge in [0.15, 0.2) is 0 Å². The van der Waals surface area contributed by atoms with E-state index in [1.165, 1.54) is 6.07 Å². The molecular formula is C10H15FN2. The maximum absolute atomic E-state index is 13.1. The second kappa shape index (κ2) is 4.23. The van der Waals surface area contributed by atoms with Crippen molar-refractivity contribution in [3.63, 3.8) is 0 Å². The second-order valence-electron chi connectivity index (χ2n) is 3.24. The van der Waals surface area contributed by atoms with Crippen molar-refractivity contribution in [1.82, 2.24) is 5.32 Å². The van der Waals surface area contributed by atoms with Crippen molar-refractivity contribution in [1.29, 1.82) is 0 Å². The maximum Gasteiger partial charge on any atom is 0.125 e. The summed E-state index contributed by atoms with van der Waals surface area (Å²) in [6.45, 7) is 0.693. The summed E-state index contributed by atoms with van der Waals surface area (Å²) in [4.78, 5) is 1.89. The van der Waals surface area contributed by atoms with E-state index in [4.69, 9.17) is 0 Å². The van der Waals surface area contributed by atoms with Crippen LogP contribution in [0.2, 0.25) is 0 Å². The molecule has 0 spiro atoms. The van der Waals surface area contributed by atoms with E-state index in [1.807, 2.05) is 32.1 Å². The summed E-state index contributed by atoms with van der Waals surface area (Å²) in [5.41, 5.74) is 1.86. The van der Waals surface area contributed by atoms with Crippen molar-refractivity contribution >= 4 is 5.69 Å². The summed E-state index contributed by atoms with van der Waals surface area (Å²) < 4.78 is 13.1. The largest absolute Gasteiger partial charge is 0.378 e. The van der Waals surface area contributed by atoms with Gasteiger partial charge in [-0.25, -0.2) is 4.39 Å². The summed E-state index contributed by atoms with van der Waals surface area (Å²) in [5.74, 6) is -0.184. The average molecular weight is 182 g/mol. The first-order valence-corrected chi connectivity index (χ1v) is 4.25. The zero-order valence-electron chi connectivity index (χ0n) is 8.26. The number of hydrogen-bond donors (Lipinski definition) is 1. The van der Waals surface area contributed by atoms with Gasteiger partial charge in [0.05, 0.1) is 0 Å². The Balaban J connectivity index is 2.96. The zero-order chi connectivity index (χ0) is 9.84. The number of rotatable bonds is 3. The van der Waals surface area contributed by atoms with Crippen LogP contribution >= 0.6 is 0 Å². The van der Waals surface area contributed by atoms with Gasteiger partial charge in [-0.2, -0.15) is 0 Å². The molecule has 1 aromatic rings. The van der Waals surface area contributed by atoms with E-state index in [9.17, 15) is 4.39 Å². The van der Waals surface area contributed by atoms with E-state index in [-0.39, 0.29) is 5.82 Å². The molecule has 1 rings (SSSR count). The lowest BCUT2D eigenvalue weighted by atomic mass is 10.2. The molecule has 0 aliphatic heterocycles. The molecule has 0 unspecified atom stereocenters. The molecule has 0 aliphatic carbocycles. The molecule has 0 amide bonds. The number of anilines is 1. The first kappa shape index (κ1) is 9.99. The molecule has 13 heavy (non-hydrogen) atoms. The molecule has 0 radical (unpaired) electrons. The summed E-state index contributed by atoms with van der Waals surface area (Å²) in [6, 6.07) is 5.04. The van der Waals surface area contributed by atoms with Crippen molar-refractivity contribution in [2.24, 2.45) is 0 Å². The Hall–Kier alpha value is -1.09. The standard InChI is InChI=1S/C10H15FN2/c1-12-7-8-4-9(11)6-10(5-8)13(2)3/h4-6,12H,7H2,1-3H3. The second-order valence-corrected chi connectivity index (χ2v) is 3.24. The Morgan fingerprint density at radius 1 is 1.31 bits per heavy atom. The Labute approximate surface area is 78.4 Å². The molecule has 0 saturated carbocycles. The van der Waals surface area contributed by atoms with Crippen LogP contribution < -0.4 is 10.2 Å². The van der Waals surface area contributed by atoms with Crippen LogP contribution in [0.4, 0.5) is 10.1 Å². The molecule has 0 bridgehead atoms. The van der Waals surface area contributed by atoms with Crippen LogP contribution in [-0.2, 0) is 6.54 Å². The topological polar surface area (TPSA) is 15.3 Å². The molecule has 72 valence electrons. The van der Waals surface area contributed by atoms with Gasteiger partial charge in [0, 0.05) is 26.3 Å². The highest BCUT2D eigenvalue weighted by molar-refractivity contribution is 5.47. The fourth-order valence-electron chi connectivity index (χ4n) is 1.20. The van der Waals surface area contributed by atoms with Crippen LogP contribution in [0.1, 0.15) is 5.56 Å².